The number of halogens is 1. The van der Waals surface area contributed by atoms with Gasteiger partial charge in [0.1, 0.15) is 0 Å². The van der Waals surface area contributed by atoms with E-state index in [0.717, 1.165) is 12.5 Å². The lowest BCUT2D eigenvalue weighted by atomic mass is 9.75. The van der Waals surface area contributed by atoms with Gasteiger partial charge >= 0.3 is 0 Å². The van der Waals surface area contributed by atoms with E-state index in [9.17, 15) is 5.11 Å². The van der Waals surface area contributed by atoms with E-state index in [0.29, 0.717) is 44.1 Å². The molecular weight excluding hydrogens is 405 g/mol. The Hall–Kier alpha value is -0.0800. The molecule has 0 atom stereocenters. The minimum Gasteiger partial charge on any atom is -0.388 e. The van der Waals surface area contributed by atoms with E-state index in [4.69, 9.17) is 4.74 Å². The first-order valence-corrected chi connectivity index (χ1v) is 8.77. The Morgan fingerprint density at radius 1 is 1.17 bits per heavy atom. The van der Waals surface area contributed by atoms with Gasteiger partial charge in [0.15, 0.2) is 5.96 Å². The summed E-state index contributed by atoms with van der Waals surface area (Å²) in [6.45, 7) is 9.33. The molecule has 0 unspecified atom stereocenters. The average Bonchev–Trinajstić information content (AvgIpc) is 2.48. The van der Waals surface area contributed by atoms with Crippen LogP contribution in [-0.4, -0.2) is 49.0 Å². The van der Waals surface area contributed by atoms with Crippen molar-refractivity contribution in [1.29, 1.82) is 0 Å². The first kappa shape index (κ1) is 21.0. The maximum atomic E-state index is 10.5. The first-order chi connectivity index (χ1) is 10.4. The molecule has 1 aliphatic carbocycles. The molecule has 6 heteroatoms. The smallest absolute Gasteiger partial charge is 0.191 e. The van der Waals surface area contributed by atoms with Crippen molar-refractivity contribution < 1.29 is 9.84 Å². The summed E-state index contributed by atoms with van der Waals surface area (Å²) in [5.74, 6) is 0.840. The molecule has 0 spiro atoms. The van der Waals surface area contributed by atoms with Gasteiger partial charge in [-0.3, -0.25) is 4.99 Å². The van der Waals surface area contributed by atoms with Crippen LogP contribution in [0, 0.1) is 5.41 Å². The quantitative estimate of drug-likeness (QED) is 0.358. The summed E-state index contributed by atoms with van der Waals surface area (Å²) in [5, 5.41) is 17.4. The van der Waals surface area contributed by atoms with E-state index in [2.05, 4.69) is 36.4 Å². The van der Waals surface area contributed by atoms with E-state index < -0.39 is 5.60 Å². The maximum Gasteiger partial charge on any atom is 0.191 e. The van der Waals surface area contributed by atoms with Crippen molar-refractivity contribution in [3.63, 3.8) is 0 Å². The Kier molecular flexibility index (Phi) is 8.58. The Bertz CT molecular complexity index is 372. The third-order valence-electron chi connectivity index (χ3n) is 4.98. The Morgan fingerprint density at radius 2 is 1.78 bits per heavy atom. The van der Waals surface area contributed by atoms with E-state index in [-0.39, 0.29) is 24.0 Å². The van der Waals surface area contributed by atoms with Crippen LogP contribution >= 0.6 is 24.0 Å². The molecule has 1 aliphatic heterocycles. The molecule has 0 bridgehead atoms. The van der Waals surface area contributed by atoms with Crippen molar-refractivity contribution in [3.05, 3.63) is 0 Å². The second kappa shape index (κ2) is 9.42. The largest absolute Gasteiger partial charge is 0.388 e. The number of aliphatic hydroxyl groups is 1. The molecule has 0 aromatic carbocycles. The number of guanidine groups is 1. The van der Waals surface area contributed by atoms with Crippen LogP contribution in [-0.2, 0) is 4.74 Å². The van der Waals surface area contributed by atoms with Crippen LogP contribution in [0.2, 0.25) is 0 Å². The normalized spacial score (nSPS) is 24.6. The predicted molar refractivity (Wildman–Crippen MR) is 106 cm³/mol. The summed E-state index contributed by atoms with van der Waals surface area (Å²) in [6.07, 6.45) is 6.24. The minimum absolute atomic E-state index is 0. The summed E-state index contributed by atoms with van der Waals surface area (Å²) < 4.78 is 5.32. The SMILES string of the molecule is CCNC(=NCC1(O)CCOCC1)NC1CCC(C)(C)CC1.I. The summed E-state index contributed by atoms with van der Waals surface area (Å²) in [6, 6.07) is 0.496. The van der Waals surface area contributed by atoms with Gasteiger partial charge in [0.05, 0.1) is 12.1 Å². The fraction of sp³-hybridized carbons (Fsp3) is 0.941. The van der Waals surface area contributed by atoms with Crippen molar-refractivity contribution >= 4 is 29.9 Å². The lowest BCUT2D eigenvalue weighted by Crippen LogP contribution is -2.47. The Morgan fingerprint density at radius 3 is 2.35 bits per heavy atom. The monoisotopic (exact) mass is 439 g/mol. The number of nitrogens with zero attached hydrogens (tertiary/aromatic N) is 1. The lowest BCUT2D eigenvalue weighted by Gasteiger charge is -2.35. The van der Waals surface area contributed by atoms with Crippen LogP contribution in [0.3, 0.4) is 0 Å². The van der Waals surface area contributed by atoms with Crippen LogP contribution in [0.15, 0.2) is 4.99 Å². The molecule has 23 heavy (non-hydrogen) atoms. The Balaban J connectivity index is 0.00000264. The van der Waals surface area contributed by atoms with Gasteiger partial charge in [0, 0.05) is 38.6 Å². The van der Waals surface area contributed by atoms with Crippen molar-refractivity contribution in [1.82, 2.24) is 10.6 Å². The molecule has 2 aliphatic rings. The summed E-state index contributed by atoms with van der Waals surface area (Å²) >= 11 is 0. The number of nitrogens with one attached hydrogen (secondary N) is 2. The van der Waals surface area contributed by atoms with Crippen LogP contribution in [0.25, 0.3) is 0 Å². The molecule has 2 rings (SSSR count). The molecule has 0 radical (unpaired) electrons. The second-order valence-electron chi connectivity index (χ2n) is 7.61. The molecule has 1 heterocycles. The number of hydrogen-bond donors (Lipinski definition) is 3. The van der Waals surface area contributed by atoms with Crippen molar-refractivity contribution in [3.8, 4) is 0 Å². The van der Waals surface area contributed by atoms with Gasteiger partial charge in [-0.25, -0.2) is 0 Å². The van der Waals surface area contributed by atoms with Gasteiger partial charge in [0.2, 0.25) is 0 Å². The highest BCUT2D eigenvalue weighted by Crippen LogP contribution is 2.34. The fourth-order valence-electron chi connectivity index (χ4n) is 3.19. The van der Waals surface area contributed by atoms with Gasteiger partial charge in [0.25, 0.3) is 0 Å². The topological polar surface area (TPSA) is 65.9 Å². The lowest BCUT2D eigenvalue weighted by molar-refractivity contribution is -0.0566. The predicted octanol–water partition coefficient (Wildman–Crippen LogP) is 2.67. The van der Waals surface area contributed by atoms with E-state index in [1.54, 1.807) is 0 Å². The van der Waals surface area contributed by atoms with Crippen LogP contribution in [0.5, 0.6) is 0 Å². The van der Waals surface area contributed by atoms with Crippen molar-refractivity contribution in [2.45, 2.75) is 70.9 Å². The first-order valence-electron chi connectivity index (χ1n) is 8.77. The van der Waals surface area contributed by atoms with Gasteiger partial charge in [-0.2, -0.15) is 0 Å². The van der Waals surface area contributed by atoms with Crippen molar-refractivity contribution in [2.24, 2.45) is 10.4 Å². The zero-order valence-electron chi connectivity index (χ0n) is 14.9. The van der Waals surface area contributed by atoms with E-state index in [1.165, 1.54) is 25.7 Å². The molecule has 2 fully saturated rings. The zero-order chi connectivity index (χ0) is 16.1. The Labute approximate surface area is 158 Å². The molecule has 0 aromatic heterocycles. The van der Waals surface area contributed by atoms with E-state index in [1.807, 2.05) is 0 Å². The number of ether oxygens (including phenoxy) is 1. The highest BCUT2D eigenvalue weighted by atomic mass is 127. The third kappa shape index (κ3) is 7.13. The molecule has 0 amide bonds. The molecular formula is C17H34IN3O2. The highest BCUT2D eigenvalue weighted by molar-refractivity contribution is 14.0. The number of rotatable bonds is 4. The van der Waals surface area contributed by atoms with Crippen LogP contribution in [0.4, 0.5) is 0 Å². The average molecular weight is 439 g/mol. The summed E-state index contributed by atoms with van der Waals surface area (Å²) in [5.41, 5.74) is -0.222. The molecule has 136 valence electrons. The fourth-order valence-corrected chi connectivity index (χ4v) is 3.19. The van der Waals surface area contributed by atoms with Gasteiger partial charge in [-0.1, -0.05) is 13.8 Å². The second-order valence-corrected chi connectivity index (χ2v) is 7.61. The molecule has 1 saturated carbocycles. The van der Waals surface area contributed by atoms with E-state index >= 15 is 0 Å². The maximum absolute atomic E-state index is 10.5. The molecule has 5 nitrogen and oxygen atoms in total. The summed E-state index contributed by atoms with van der Waals surface area (Å²) in [7, 11) is 0. The number of hydrogen-bond acceptors (Lipinski definition) is 3. The van der Waals surface area contributed by atoms with Gasteiger partial charge in [-0.05, 0) is 38.0 Å². The molecule has 0 aromatic rings. The molecule has 1 saturated heterocycles. The highest BCUT2D eigenvalue weighted by Gasteiger charge is 2.30. The van der Waals surface area contributed by atoms with Crippen molar-refractivity contribution in [2.75, 3.05) is 26.3 Å². The molecule has 3 N–H and O–H groups in total. The minimum atomic E-state index is -0.699. The zero-order valence-corrected chi connectivity index (χ0v) is 17.2. The summed E-state index contributed by atoms with van der Waals surface area (Å²) in [4.78, 5) is 4.63. The van der Waals surface area contributed by atoms with Gasteiger partial charge < -0.3 is 20.5 Å². The van der Waals surface area contributed by atoms with Crippen LogP contribution < -0.4 is 10.6 Å². The van der Waals surface area contributed by atoms with Gasteiger partial charge in [-0.15, -0.1) is 24.0 Å². The standard InChI is InChI=1S/C17H33N3O2.HI/c1-4-18-15(19-13-17(21)9-11-22-12-10-17)20-14-5-7-16(2,3)8-6-14;/h14,21H,4-13H2,1-3H3,(H2,18,19,20);1H. The van der Waals surface area contributed by atoms with Crippen LogP contribution in [0.1, 0.15) is 59.3 Å². The third-order valence-corrected chi connectivity index (χ3v) is 4.98. The number of aliphatic imine (C=N–C) groups is 1.